The number of rotatable bonds is 3. The molecule has 0 bridgehead atoms. The number of aliphatic hydroxyl groups excluding tert-OH is 1. The van der Waals surface area contributed by atoms with Gasteiger partial charge in [0.25, 0.3) is 0 Å². The van der Waals surface area contributed by atoms with E-state index in [0.717, 1.165) is 12.1 Å². The highest BCUT2D eigenvalue weighted by molar-refractivity contribution is 9.10. The molecule has 2 aromatic rings. The van der Waals surface area contributed by atoms with Crippen molar-refractivity contribution in [3.63, 3.8) is 0 Å². The standard InChI is InChI=1S/C15H12BrF3O2/c1-7-3-13(10(8(2)20)6-11(7)17)21-14-5-9(16)4-12(18)15(14)19/h3-6,8,20H,1-2H3/t8-/m1/s1. The summed E-state index contributed by atoms with van der Waals surface area (Å²) in [7, 11) is 0. The number of hydrogen-bond acceptors (Lipinski definition) is 2. The van der Waals surface area contributed by atoms with E-state index in [9.17, 15) is 18.3 Å². The molecule has 0 amide bonds. The van der Waals surface area contributed by atoms with Gasteiger partial charge in [0, 0.05) is 10.0 Å². The normalized spacial score (nSPS) is 12.3. The monoisotopic (exact) mass is 360 g/mol. The molecule has 0 saturated heterocycles. The van der Waals surface area contributed by atoms with Crippen molar-refractivity contribution in [2.75, 3.05) is 0 Å². The van der Waals surface area contributed by atoms with Crippen molar-refractivity contribution in [3.05, 3.63) is 57.3 Å². The van der Waals surface area contributed by atoms with Gasteiger partial charge < -0.3 is 9.84 Å². The summed E-state index contributed by atoms with van der Waals surface area (Å²) >= 11 is 3.04. The Labute approximate surface area is 128 Å². The van der Waals surface area contributed by atoms with Crippen molar-refractivity contribution in [2.24, 2.45) is 0 Å². The molecule has 0 aliphatic carbocycles. The topological polar surface area (TPSA) is 29.5 Å². The van der Waals surface area contributed by atoms with Crippen molar-refractivity contribution in [3.8, 4) is 11.5 Å². The minimum absolute atomic E-state index is 0.0697. The maximum atomic E-state index is 13.7. The van der Waals surface area contributed by atoms with Crippen LogP contribution in [0.1, 0.15) is 24.2 Å². The van der Waals surface area contributed by atoms with Crippen molar-refractivity contribution >= 4 is 15.9 Å². The van der Waals surface area contributed by atoms with E-state index < -0.39 is 23.6 Å². The number of benzene rings is 2. The van der Waals surface area contributed by atoms with Crippen LogP contribution in [0.15, 0.2) is 28.7 Å². The van der Waals surface area contributed by atoms with Crippen molar-refractivity contribution in [2.45, 2.75) is 20.0 Å². The molecule has 0 heterocycles. The maximum absolute atomic E-state index is 13.7. The quantitative estimate of drug-likeness (QED) is 0.778. The van der Waals surface area contributed by atoms with E-state index >= 15 is 0 Å². The summed E-state index contributed by atoms with van der Waals surface area (Å²) in [4.78, 5) is 0. The van der Waals surface area contributed by atoms with Gasteiger partial charge in [-0.2, -0.15) is 4.39 Å². The zero-order chi connectivity index (χ0) is 15.7. The van der Waals surface area contributed by atoms with Crippen molar-refractivity contribution < 1.29 is 23.0 Å². The second-order valence-corrected chi connectivity index (χ2v) is 5.53. The Hall–Kier alpha value is -1.53. The van der Waals surface area contributed by atoms with Gasteiger partial charge in [-0.1, -0.05) is 15.9 Å². The van der Waals surface area contributed by atoms with Crippen LogP contribution in [0.3, 0.4) is 0 Å². The molecule has 6 heteroatoms. The molecule has 1 N–H and O–H groups in total. The molecule has 0 radical (unpaired) electrons. The SMILES string of the molecule is Cc1cc(Oc2cc(Br)cc(F)c2F)c([C@@H](C)O)cc1F. The Balaban J connectivity index is 2.51. The van der Waals surface area contributed by atoms with E-state index in [0.29, 0.717) is 4.47 Å². The molecule has 1 atom stereocenters. The Kier molecular flexibility index (Phi) is 4.58. The highest BCUT2D eigenvalue weighted by Gasteiger charge is 2.17. The first-order valence-corrected chi connectivity index (χ1v) is 6.89. The van der Waals surface area contributed by atoms with Gasteiger partial charge in [0.2, 0.25) is 5.82 Å². The Morgan fingerprint density at radius 3 is 2.33 bits per heavy atom. The number of aryl methyl sites for hydroxylation is 1. The van der Waals surface area contributed by atoms with Gasteiger partial charge >= 0.3 is 0 Å². The fraction of sp³-hybridized carbons (Fsp3) is 0.200. The summed E-state index contributed by atoms with van der Waals surface area (Å²) in [5.74, 6) is -3.03. The molecule has 0 aliphatic heterocycles. The third kappa shape index (κ3) is 3.39. The van der Waals surface area contributed by atoms with Crippen LogP contribution in [0.4, 0.5) is 13.2 Å². The van der Waals surface area contributed by atoms with Gasteiger partial charge in [-0.25, -0.2) is 8.78 Å². The lowest BCUT2D eigenvalue weighted by Crippen LogP contribution is -2.00. The average molecular weight is 361 g/mol. The first-order valence-electron chi connectivity index (χ1n) is 6.10. The number of hydrogen-bond donors (Lipinski definition) is 1. The molecule has 0 aromatic heterocycles. The highest BCUT2D eigenvalue weighted by atomic mass is 79.9. The molecule has 0 unspecified atom stereocenters. The molecular weight excluding hydrogens is 349 g/mol. The fourth-order valence-electron chi connectivity index (χ4n) is 1.81. The van der Waals surface area contributed by atoms with E-state index in [1.165, 1.54) is 26.0 Å². The third-order valence-electron chi connectivity index (χ3n) is 2.92. The van der Waals surface area contributed by atoms with Gasteiger partial charge in [0.05, 0.1) is 6.10 Å². The van der Waals surface area contributed by atoms with E-state index in [-0.39, 0.29) is 22.6 Å². The number of halogens is 4. The van der Waals surface area contributed by atoms with Crippen LogP contribution >= 0.6 is 15.9 Å². The van der Waals surface area contributed by atoms with Gasteiger partial charge in [-0.3, -0.25) is 0 Å². The average Bonchev–Trinajstić information content (AvgIpc) is 2.39. The summed E-state index contributed by atoms with van der Waals surface area (Å²) in [6, 6.07) is 4.66. The van der Waals surface area contributed by atoms with Crippen LogP contribution in [-0.2, 0) is 0 Å². The Morgan fingerprint density at radius 1 is 1.05 bits per heavy atom. The smallest absolute Gasteiger partial charge is 0.201 e. The van der Waals surface area contributed by atoms with E-state index in [2.05, 4.69) is 15.9 Å². The summed E-state index contributed by atoms with van der Waals surface area (Å²) in [5.41, 5.74) is 0.420. The molecule has 112 valence electrons. The molecule has 0 spiro atoms. The molecule has 21 heavy (non-hydrogen) atoms. The van der Waals surface area contributed by atoms with Gasteiger partial charge in [0.15, 0.2) is 11.6 Å². The van der Waals surface area contributed by atoms with E-state index in [1.807, 2.05) is 0 Å². The minimum Gasteiger partial charge on any atom is -0.454 e. The molecule has 0 fully saturated rings. The summed E-state index contributed by atoms with van der Waals surface area (Å²) in [6.45, 7) is 2.93. The predicted molar refractivity (Wildman–Crippen MR) is 75.9 cm³/mol. The lowest BCUT2D eigenvalue weighted by Gasteiger charge is -2.15. The fourth-order valence-corrected chi connectivity index (χ4v) is 2.22. The van der Waals surface area contributed by atoms with Crippen LogP contribution in [0.2, 0.25) is 0 Å². The largest absolute Gasteiger partial charge is 0.454 e. The summed E-state index contributed by atoms with van der Waals surface area (Å²) in [5, 5.41) is 9.65. The molecule has 2 rings (SSSR count). The predicted octanol–water partition coefficient (Wildman–Crippen LogP) is 5.02. The van der Waals surface area contributed by atoms with Crippen molar-refractivity contribution in [1.29, 1.82) is 0 Å². The van der Waals surface area contributed by atoms with E-state index in [1.54, 1.807) is 0 Å². The number of aliphatic hydroxyl groups is 1. The molecule has 2 aromatic carbocycles. The van der Waals surface area contributed by atoms with Crippen LogP contribution in [0.25, 0.3) is 0 Å². The minimum atomic E-state index is -1.16. The molecule has 2 nitrogen and oxygen atoms in total. The van der Waals surface area contributed by atoms with Crippen LogP contribution in [0.5, 0.6) is 11.5 Å². The van der Waals surface area contributed by atoms with E-state index in [4.69, 9.17) is 4.74 Å². The van der Waals surface area contributed by atoms with Gasteiger partial charge in [0.1, 0.15) is 11.6 Å². The second kappa shape index (κ2) is 6.07. The molecule has 0 saturated carbocycles. The molecular formula is C15H12BrF3O2. The third-order valence-corrected chi connectivity index (χ3v) is 3.38. The lowest BCUT2D eigenvalue weighted by atomic mass is 10.1. The highest BCUT2D eigenvalue weighted by Crippen LogP contribution is 2.35. The van der Waals surface area contributed by atoms with Crippen molar-refractivity contribution in [1.82, 2.24) is 0 Å². The van der Waals surface area contributed by atoms with Gasteiger partial charge in [-0.15, -0.1) is 0 Å². The number of ether oxygens (including phenoxy) is 1. The van der Waals surface area contributed by atoms with Crippen LogP contribution < -0.4 is 4.74 Å². The Bertz CT molecular complexity index is 687. The molecule has 0 aliphatic rings. The van der Waals surface area contributed by atoms with Crippen LogP contribution in [0, 0.1) is 24.4 Å². The summed E-state index contributed by atoms with van der Waals surface area (Å²) in [6.07, 6.45) is -1.02. The lowest BCUT2D eigenvalue weighted by molar-refractivity contribution is 0.194. The summed E-state index contributed by atoms with van der Waals surface area (Å²) < 4.78 is 46.3. The zero-order valence-electron chi connectivity index (χ0n) is 11.3. The first kappa shape index (κ1) is 15.9. The first-order chi connectivity index (χ1) is 9.79. The van der Waals surface area contributed by atoms with Crippen LogP contribution in [-0.4, -0.2) is 5.11 Å². The Morgan fingerprint density at radius 2 is 1.71 bits per heavy atom. The second-order valence-electron chi connectivity index (χ2n) is 4.62. The zero-order valence-corrected chi connectivity index (χ0v) is 12.8. The maximum Gasteiger partial charge on any atom is 0.201 e. The van der Waals surface area contributed by atoms with Gasteiger partial charge in [-0.05, 0) is 43.7 Å².